The van der Waals surface area contributed by atoms with Gasteiger partial charge in [-0.15, -0.1) is 0 Å². The molecule has 0 atom stereocenters. The number of benzene rings is 1. The Morgan fingerprint density at radius 1 is 1.05 bits per heavy atom. The Hall–Kier alpha value is -2.54. The SMILES string of the molecule is OCCNc1cc(NCc2ccc3c(c2)OCO3)ncn1. The number of hydrogen-bond donors (Lipinski definition) is 3. The van der Waals surface area contributed by atoms with Crippen LogP contribution in [0.3, 0.4) is 0 Å². The highest BCUT2D eigenvalue weighted by Gasteiger charge is 2.12. The summed E-state index contributed by atoms with van der Waals surface area (Å²) < 4.78 is 10.6. The minimum atomic E-state index is 0.0595. The Morgan fingerprint density at radius 3 is 2.71 bits per heavy atom. The van der Waals surface area contributed by atoms with E-state index in [4.69, 9.17) is 14.6 Å². The second kappa shape index (κ2) is 6.27. The summed E-state index contributed by atoms with van der Waals surface area (Å²) in [7, 11) is 0. The molecule has 21 heavy (non-hydrogen) atoms. The standard InChI is InChI=1S/C14H16N4O3/c19-4-3-15-13-6-14(18-8-17-13)16-7-10-1-2-11-12(5-10)21-9-20-11/h1-2,5-6,8,19H,3-4,7,9H2,(H2,15,16,17,18). The van der Waals surface area contributed by atoms with Gasteiger partial charge in [0.15, 0.2) is 11.5 Å². The molecule has 0 bridgehead atoms. The van der Waals surface area contributed by atoms with Gasteiger partial charge in [0.05, 0.1) is 6.61 Å². The van der Waals surface area contributed by atoms with E-state index >= 15 is 0 Å². The molecule has 7 nitrogen and oxygen atoms in total. The molecule has 2 aromatic rings. The smallest absolute Gasteiger partial charge is 0.231 e. The van der Waals surface area contributed by atoms with Crippen molar-refractivity contribution in [2.45, 2.75) is 6.54 Å². The average Bonchev–Trinajstić information content (AvgIpc) is 2.99. The first kappa shape index (κ1) is 13.4. The molecule has 1 aromatic heterocycles. The third-order valence-corrected chi connectivity index (χ3v) is 3.00. The zero-order valence-electron chi connectivity index (χ0n) is 11.4. The molecule has 1 aliphatic heterocycles. The van der Waals surface area contributed by atoms with E-state index in [0.717, 1.165) is 17.1 Å². The summed E-state index contributed by atoms with van der Waals surface area (Å²) in [6.45, 7) is 1.41. The van der Waals surface area contributed by atoms with Crippen LogP contribution in [0.15, 0.2) is 30.6 Å². The van der Waals surface area contributed by atoms with Gasteiger partial charge in [0.2, 0.25) is 6.79 Å². The van der Waals surface area contributed by atoms with Crippen LogP contribution >= 0.6 is 0 Å². The fourth-order valence-electron chi connectivity index (χ4n) is 1.98. The third kappa shape index (κ3) is 3.32. The maximum Gasteiger partial charge on any atom is 0.231 e. The molecule has 0 aliphatic carbocycles. The molecule has 0 spiro atoms. The van der Waals surface area contributed by atoms with Crippen molar-refractivity contribution in [1.82, 2.24) is 9.97 Å². The van der Waals surface area contributed by atoms with Crippen molar-refractivity contribution < 1.29 is 14.6 Å². The Kier molecular flexibility index (Phi) is 4.02. The maximum absolute atomic E-state index is 8.78. The van der Waals surface area contributed by atoms with Gasteiger partial charge in [-0.2, -0.15) is 0 Å². The number of hydrogen-bond acceptors (Lipinski definition) is 7. The van der Waals surface area contributed by atoms with Gasteiger partial charge in [-0.05, 0) is 17.7 Å². The predicted octanol–water partition coefficient (Wildman–Crippen LogP) is 1.22. The predicted molar refractivity (Wildman–Crippen MR) is 77.5 cm³/mol. The number of aliphatic hydroxyl groups excluding tert-OH is 1. The highest BCUT2D eigenvalue weighted by molar-refractivity contribution is 5.48. The molecule has 0 radical (unpaired) electrons. The minimum Gasteiger partial charge on any atom is -0.454 e. The van der Waals surface area contributed by atoms with E-state index in [1.165, 1.54) is 6.33 Å². The van der Waals surface area contributed by atoms with Gasteiger partial charge >= 0.3 is 0 Å². The van der Waals surface area contributed by atoms with E-state index in [1.54, 1.807) is 6.07 Å². The number of aliphatic hydroxyl groups is 1. The summed E-state index contributed by atoms with van der Waals surface area (Å²) >= 11 is 0. The number of aromatic nitrogens is 2. The van der Waals surface area contributed by atoms with Crippen LogP contribution in [0.25, 0.3) is 0 Å². The fourth-order valence-corrected chi connectivity index (χ4v) is 1.98. The molecular formula is C14H16N4O3. The molecule has 3 N–H and O–H groups in total. The van der Waals surface area contributed by atoms with Crippen LogP contribution < -0.4 is 20.1 Å². The fraction of sp³-hybridized carbons (Fsp3) is 0.286. The number of nitrogens with zero attached hydrogens (tertiary/aromatic N) is 2. The highest BCUT2D eigenvalue weighted by atomic mass is 16.7. The number of nitrogens with one attached hydrogen (secondary N) is 2. The molecule has 0 unspecified atom stereocenters. The quantitative estimate of drug-likeness (QED) is 0.736. The number of anilines is 2. The van der Waals surface area contributed by atoms with Gasteiger partial charge in [-0.3, -0.25) is 0 Å². The van der Waals surface area contributed by atoms with E-state index in [0.29, 0.717) is 24.7 Å². The number of ether oxygens (including phenoxy) is 2. The van der Waals surface area contributed by atoms with Crippen LogP contribution in [0, 0.1) is 0 Å². The van der Waals surface area contributed by atoms with Crippen LogP contribution in [0.1, 0.15) is 5.56 Å². The van der Waals surface area contributed by atoms with Crippen LogP contribution in [-0.4, -0.2) is 35.0 Å². The van der Waals surface area contributed by atoms with Crippen molar-refractivity contribution >= 4 is 11.6 Å². The molecule has 1 aliphatic rings. The van der Waals surface area contributed by atoms with Crippen molar-refractivity contribution in [2.75, 3.05) is 30.6 Å². The zero-order chi connectivity index (χ0) is 14.5. The van der Waals surface area contributed by atoms with Crippen molar-refractivity contribution in [3.8, 4) is 11.5 Å². The third-order valence-electron chi connectivity index (χ3n) is 3.00. The topological polar surface area (TPSA) is 88.5 Å². The average molecular weight is 288 g/mol. The summed E-state index contributed by atoms with van der Waals surface area (Å²) in [5.74, 6) is 2.92. The second-order valence-electron chi connectivity index (χ2n) is 4.48. The van der Waals surface area contributed by atoms with Gasteiger partial charge in [0.1, 0.15) is 18.0 Å². The first-order chi connectivity index (χ1) is 10.3. The molecule has 0 saturated heterocycles. The van der Waals surface area contributed by atoms with Gasteiger partial charge in [0, 0.05) is 19.2 Å². The largest absolute Gasteiger partial charge is 0.454 e. The Labute approximate surface area is 122 Å². The monoisotopic (exact) mass is 288 g/mol. The lowest BCUT2D eigenvalue weighted by Crippen LogP contribution is -2.08. The van der Waals surface area contributed by atoms with Crippen LogP contribution in [0.2, 0.25) is 0 Å². The van der Waals surface area contributed by atoms with Gasteiger partial charge in [0.25, 0.3) is 0 Å². The Bertz CT molecular complexity index is 621. The zero-order valence-corrected chi connectivity index (χ0v) is 11.4. The second-order valence-corrected chi connectivity index (χ2v) is 4.48. The summed E-state index contributed by atoms with van der Waals surface area (Å²) in [6.07, 6.45) is 1.47. The first-order valence-electron chi connectivity index (χ1n) is 6.64. The minimum absolute atomic E-state index is 0.0595. The van der Waals surface area contributed by atoms with Gasteiger partial charge in [-0.1, -0.05) is 6.07 Å². The number of fused-ring (bicyclic) bond motifs is 1. The van der Waals surface area contributed by atoms with Crippen LogP contribution in [-0.2, 0) is 6.54 Å². The molecule has 1 aromatic carbocycles. The summed E-state index contributed by atoms with van der Waals surface area (Å²) in [4.78, 5) is 8.22. The summed E-state index contributed by atoms with van der Waals surface area (Å²) in [6, 6.07) is 7.62. The van der Waals surface area contributed by atoms with Crippen molar-refractivity contribution in [3.05, 3.63) is 36.2 Å². The van der Waals surface area contributed by atoms with Gasteiger partial charge < -0.3 is 25.2 Å². The summed E-state index contributed by atoms with van der Waals surface area (Å²) in [5, 5.41) is 15.0. The molecule has 110 valence electrons. The lowest BCUT2D eigenvalue weighted by molar-refractivity contribution is 0.174. The maximum atomic E-state index is 8.78. The molecule has 3 rings (SSSR count). The normalized spacial score (nSPS) is 12.2. The molecule has 0 saturated carbocycles. The molecule has 2 heterocycles. The Morgan fingerprint density at radius 2 is 1.86 bits per heavy atom. The van der Waals surface area contributed by atoms with Crippen molar-refractivity contribution in [3.63, 3.8) is 0 Å². The molecule has 0 amide bonds. The van der Waals surface area contributed by atoms with Crippen molar-refractivity contribution in [1.29, 1.82) is 0 Å². The lowest BCUT2D eigenvalue weighted by Gasteiger charge is -2.08. The van der Waals surface area contributed by atoms with E-state index in [-0.39, 0.29) is 13.4 Å². The van der Waals surface area contributed by atoms with E-state index in [9.17, 15) is 0 Å². The lowest BCUT2D eigenvalue weighted by atomic mass is 10.2. The molecule has 7 heteroatoms. The molecule has 0 fully saturated rings. The van der Waals surface area contributed by atoms with Crippen LogP contribution in [0.5, 0.6) is 11.5 Å². The van der Waals surface area contributed by atoms with E-state index < -0.39 is 0 Å². The van der Waals surface area contributed by atoms with E-state index in [1.807, 2.05) is 18.2 Å². The van der Waals surface area contributed by atoms with Crippen LogP contribution in [0.4, 0.5) is 11.6 Å². The summed E-state index contributed by atoms with van der Waals surface area (Å²) in [5.41, 5.74) is 1.07. The first-order valence-corrected chi connectivity index (χ1v) is 6.64. The number of rotatable bonds is 6. The molecular weight excluding hydrogens is 272 g/mol. The Balaban J connectivity index is 1.62. The highest BCUT2D eigenvalue weighted by Crippen LogP contribution is 2.32. The van der Waals surface area contributed by atoms with Crippen molar-refractivity contribution in [2.24, 2.45) is 0 Å². The van der Waals surface area contributed by atoms with E-state index in [2.05, 4.69) is 20.6 Å². The van der Waals surface area contributed by atoms with Gasteiger partial charge in [-0.25, -0.2) is 9.97 Å².